The Bertz CT molecular complexity index is 855. The maximum atomic E-state index is 12.8. The Balaban J connectivity index is 1.77. The van der Waals surface area contributed by atoms with Gasteiger partial charge < -0.3 is 10.2 Å². The van der Waals surface area contributed by atoms with Crippen LogP contribution < -0.4 is 10.2 Å². The van der Waals surface area contributed by atoms with Crippen LogP contribution >= 0.6 is 0 Å². The van der Waals surface area contributed by atoms with Crippen molar-refractivity contribution in [2.24, 2.45) is 0 Å². The fourth-order valence-electron chi connectivity index (χ4n) is 2.83. The van der Waals surface area contributed by atoms with Gasteiger partial charge in [0.2, 0.25) is 5.95 Å². The number of hydrogen-bond acceptors (Lipinski definition) is 6. The second-order valence-electron chi connectivity index (χ2n) is 5.89. The summed E-state index contributed by atoms with van der Waals surface area (Å²) in [6.07, 6.45) is 2.03. The van der Waals surface area contributed by atoms with Crippen molar-refractivity contribution in [3.05, 3.63) is 48.3 Å². The molecule has 1 unspecified atom stereocenters. The van der Waals surface area contributed by atoms with Crippen molar-refractivity contribution in [2.75, 3.05) is 28.3 Å². The summed E-state index contributed by atoms with van der Waals surface area (Å²) in [6.45, 7) is 2.41. The van der Waals surface area contributed by atoms with Crippen LogP contribution in [0.5, 0.6) is 0 Å². The number of nitrogens with zero attached hydrogens (tertiary/aromatic N) is 3. The van der Waals surface area contributed by atoms with E-state index in [4.69, 9.17) is 0 Å². The molecule has 1 aliphatic heterocycles. The molecule has 1 N–H and O–H groups in total. The number of anilines is 2. The minimum atomic E-state index is -2.99. The molecule has 7 nitrogen and oxygen atoms in total. The van der Waals surface area contributed by atoms with Crippen molar-refractivity contribution in [3.8, 4) is 0 Å². The highest BCUT2D eigenvalue weighted by atomic mass is 32.2. The molecule has 3 rings (SSSR count). The van der Waals surface area contributed by atoms with Crippen LogP contribution in [0.25, 0.3) is 0 Å². The fraction of sp³-hybridized carbons (Fsp3) is 0.353. The van der Waals surface area contributed by atoms with E-state index in [2.05, 4.69) is 15.3 Å². The van der Waals surface area contributed by atoms with Gasteiger partial charge in [-0.15, -0.1) is 0 Å². The molecule has 0 radical (unpaired) electrons. The lowest BCUT2D eigenvalue weighted by molar-refractivity contribution is 0.0983. The van der Waals surface area contributed by atoms with E-state index in [1.807, 2.05) is 37.3 Å². The molecule has 1 amide bonds. The van der Waals surface area contributed by atoms with Crippen LogP contribution in [-0.4, -0.2) is 48.4 Å². The van der Waals surface area contributed by atoms with Gasteiger partial charge in [-0.25, -0.2) is 18.4 Å². The highest BCUT2D eigenvalue weighted by molar-refractivity contribution is 7.91. The van der Waals surface area contributed by atoms with Gasteiger partial charge in [0.05, 0.1) is 11.5 Å². The topological polar surface area (TPSA) is 92.3 Å². The zero-order chi connectivity index (χ0) is 17.9. The summed E-state index contributed by atoms with van der Waals surface area (Å²) < 4.78 is 23.1. The Morgan fingerprint density at radius 3 is 2.68 bits per heavy atom. The Kier molecular flexibility index (Phi) is 4.98. The largest absolute Gasteiger partial charge is 0.350 e. The molecule has 0 saturated carbocycles. The summed E-state index contributed by atoms with van der Waals surface area (Å²) in [5.41, 5.74) is 1.06. The summed E-state index contributed by atoms with van der Waals surface area (Å²) in [5, 5.41) is 3.02. The first-order valence-electron chi connectivity index (χ1n) is 8.15. The van der Waals surface area contributed by atoms with Gasteiger partial charge in [-0.05, 0) is 31.5 Å². The van der Waals surface area contributed by atoms with Crippen LogP contribution in [0.2, 0.25) is 0 Å². The average molecular weight is 360 g/mol. The molecule has 1 atom stereocenters. The fourth-order valence-corrected chi connectivity index (χ4v) is 4.50. The monoisotopic (exact) mass is 360 g/mol. The van der Waals surface area contributed by atoms with Gasteiger partial charge in [0.15, 0.2) is 9.84 Å². The number of amides is 1. The maximum absolute atomic E-state index is 12.8. The van der Waals surface area contributed by atoms with Crippen molar-refractivity contribution < 1.29 is 13.2 Å². The molecule has 1 fully saturated rings. The van der Waals surface area contributed by atoms with Crippen molar-refractivity contribution in [3.63, 3.8) is 0 Å². The van der Waals surface area contributed by atoms with Gasteiger partial charge in [-0.1, -0.05) is 18.2 Å². The van der Waals surface area contributed by atoms with Crippen LogP contribution in [0.4, 0.5) is 11.6 Å². The van der Waals surface area contributed by atoms with E-state index in [0.717, 1.165) is 5.69 Å². The van der Waals surface area contributed by atoms with Crippen LogP contribution in [0.15, 0.2) is 42.6 Å². The first-order valence-corrected chi connectivity index (χ1v) is 9.97. The Morgan fingerprint density at radius 2 is 2.04 bits per heavy atom. The second kappa shape index (κ2) is 7.18. The summed E-state index contributed by atoms with van der Waals surface area (Å²) >= 11 is 0. The third-order valence-electron chi connectivity index (χ3n) is 4.07. The van der Waals surface area contributed by atoms with Gasteiger partial charge in [0.25, 0.3) is 5.91 Å². The van der Waals surface area contributed by atoms with Crippen molar-refractivity contribution >= 4 is 27.4 Å². The number of nitrogens with one attached hydrogen (secondary N) is 1. The molecule has 1 aliphatic rings. The number of rotatable bonds is 5. The SMILES string of the molecule is CCN(C(=O)c1ccnc(NC2CCS(=O)(=O)C2)n1)c1ccccc1. The minimum absolute atomic E-state index is 0.0691. The van der Waals surface area contributed by atoms with E-state index in [-0.39, 0.29) is 35.1 Å². The highest BCUT2D eigenvalue weighted by Crippen LogP contribution is 2.18. The first-order chi connectivity index (χ1) is 12.0. The standard InChI is InChI=1S/C17H20N4O3S/c1-2-21(14-6-4-3-5-7-14)16(22)15-8-10-18-17(20-15)19-13-9-11-25(23,24)12-13/h3-8,10,13H,2,9,11-12H2,1H3,(H,18,19,20). The molecule has 25 heavy (non-hydrogen) atoms. The molecular weight excluding hydrogens is 340 g/mol. The minimum Gasteiger partial charge on any atom is -0.350 e. The quantitative estimate of drug-likeness (QED) is 0.873. The number of para-hydroxylation sites is 1. The zero-order valence-electron chi connectivity index (χ0n) is 13.9. The predicted molar refractivity (Wildman–Crippen MR) is 96.5 cm³/mol. The third-order valence-corrected chi connectivity index (χ3v) is 5.84. The van der Waals surface area contributed by atoms with Crippen molar-refractivity contribution in [1.29, 1.82) is 0 Å². The number of hydrogen-bond donors (Lipinski definition) is 1. The summed E-state index contributed by atoms with van der Waals surface area (Å²) in [7, 11) is -2.99. The normalized spacial score (nSPS) is 18.7. The van der Waals surface area contributed by atoms with Gasteiger partial charge in [0.1, 0.15) is 5.69 Å². The molecular formula is C17H20N4O3S. The van der Waals surface area contributed by atoms with E-state index in [1.165, 1.54) is 6.20 Å². The lowest BCUT2D eigenvalue weighted by Gasteiger charge is -2.20. The molecule has 2 heterocycles. The second-order valence-corrected chi connectivity index (χ2v) is 8.12. The number of aromatic nitrogens is 2. The van der Waals surface area contributed by atoms with Gasteiger partial charge in [-0.2, -0.15) is 0 Å². The van der Waals surface area contributed by atoms with Gasteiger partial charge in [-0.3, -0.25) is 4.79 Å². The molecule has 0 spiro atoms. The first kappa shape index (κ1) is 17.3. The summed E-state index contributed by atoms with van der Waals surface area (Å²) in [6, 6.07) is 10.7. The van der Waals surface area contributed by atoms with Crippen LogP contribution in [0.1, 0.15) is 23.8 Å². The molecule has 132 valence electrons. The van der Waals surface area contributed by atoms with E-state index >= 15 is 0 Å². The molecule has 0 aliphatic carbocycles. The Hall–Kier alpha value is -2.48. The molecule has 8 heteroatoms. The van der Waals surface area contributed by atoms with Gasteiger partial charge in [0, 0.05) is 24.5 Å². The van der Waals surface area contributed by atoms with Crippen LogP contribution in [-0.2, 0) is 9.84 Å². The van der Waals surface area contributed by atoms with Crippen LogP contribution in [0.3, 0.4) is 0 Å². The average Bonchev–Trinajstić information content (AvgIpc) is 2.95. The van der Waals surface area contributed by atoms with E-state index < -0.39 is 9.84 Å². The predicted octanol–water partition coefficient (Wildman–Crippen LogP) is 1.74. The molecule has 1 aromatic heterocycles. The van der Waals surface area contributed by atoms with Crippen molar-refractivity contribution in [1.82, 2.24) is 9.97 Å². The maximum Gasteiger partial charge on any atom is 0.277 e. The molecule has 1 aromatic carbocycles. The Labute approximate surface area is 147 Å². The summed E-state index contributed by atoms with van der Waals surface area (Å²) in [4.78, 5) is 22.8. The van der Waals surface area contributed by atoms with Crippen molar-refractivity contribution in [2.45, 2.75) is 19.4 Å². The lowest BCUT2D eigenvalue weighted by Crippen LogP contribution is -2.31. The molecule has 1 saturated heterocycles. The number of benzene rings is 1. The van der Waals surface area contributed by atoms with E-state index in [9.17, 15) is 13.2 Å². The smallest absolute Gasteiger partial charge is 0.277 e. The summed E-state index contributed by atoms with van der Waals surface area (Å²) in [5.74, 6) is 0.288. The van der Waals surface area contributed by atoms with Crippen LogP contribution in [0, 0.1) is 0 Å². The highest BCUT2D eigenvalue weighted by Gasteiger charge is 2.28. The number of sulfone groups is 1. The number of carbonyl (C=O) groups is 1. The Morgan fingerprint density at radius 1 is 1.28 bits per heavy atom. The lowest BCUT2D eigenvalue weighted by atomic mass is 10.2. The zero-order valence-corrected chi connectivity index (χ0v) is 14.7. The molecule has 0 bridgehead atoms. The molecule has 2 aromatic rings. The van der Waals surface area contributed by atoms with E-state index in [1.54, 1.807) is 11.0 Å². The number of carbonyl (C=O) groups excluding carboxylic acids is 1. The van der Waals surface area contributed by atoms with E-state index in [0.29, 0.717) is 13.0 Å². The van der Waals surface area contributed by atoms with Gasteiger partial charge >= 0.3 is 0 Å². The third kappa shape index (κ3) is 4.14.